The molecule has 5 aromatic carbocycles. The molecule has 0 saturated carbocycles. The predicted octanol–water partition coefficient (Wildman–Crippen LogP) is 10.5. The van der Waals surface area contributed by atoms with Crippen molar-refractivity contribution < 1.29 is 0 Å². The summed E-state index contributed by atoms with van der Waals surface area (Å²) >= 11 is 3.76. The highest BCUT2D eigenvalue weighted by Gasteiger charge is 2.21. The molecule has 1 aliphatic rings. The molecule has 0 bridgehead atoms. The van der Waals surface area contributed by atoms with Gasteiger partial charge in [0.05, 0.1) is 10.4 Å². The molecule has 8 rings (SSSR count). The van der Waals surface area contributed by atoms with Crippen LogP contribution in [-0.2, 0) is 6.54 Å². The van der Waals surface area contributed by atoms with E-state index in [2.05, 4.69) is 138 Å². The molecule has 0 spiro atoms. The number of benzene rings is 5. The highest BCUT2D eigenvalue weighted by atomic mass is 32.1. The number of thiophene rings is 2. The van der Waals surface area contributed by atoms with Crippen molar-refractivity contribution in [2.75, 3.05) is 4.90 Å². The van der Waals surface area contributed by atoms with Gasteiger partial charge >= 0.3 is 0 Å². The number of fused-ring (bicyclic) bond motifs is 6. The van der Waals surface area contributed by atoms with Crippen LogP contribution in [0.25, 0.3) is 47.5 Å². The Kier molecular flexibility index (Phi) is 5.28. The molecule has 7 aromatic rings. The second-order valence-electron chi connectivity index (χ2n) is 9.83. The molecule has 2 aromatic heterocycles. The van der Waals surface area contributed by atoms with Gasteiger partial charge in [0.15, 0.2) is 0 Å². The smallest absolute Gasteiger partial charge is 0.0640 e. The number of hydrogen-bond acceptors (Lipinski definition) is 4. The molecule has 0 fully saturated rings. The Bertz CT molecular complexity index is 2010. The molecule has 0 unspecified atom stereocenters. The standard InChI is InChI=1S/C35H24N2S2/c1-2-7-23(8-3-1)24-13-15-25(16-14-24)37(26-17-18-33-30(21-26)27-9-4-5-12-32(27)38-33)31-11-6-10-29-28-19-20-36-22-34(28)39-35(29)31/h1-21,36H,22H2. The molecule has 186 valence electrons. The third-order valence-electron chi connectivity index (χ3n) is 7.53. The van der Waals surface area contributed by atoms with E-state index >= 15 is 0 Å². The van der Waals surface area contributed by atoms with Crippen LogP contribution in [0.3, 0.4) is 0 Å². The molecule has 3 heterocycles. The fourth-order valence-electron chi connectivity index (χ4n) is 5.67. The van der Waals surface area contributed by atoms with Crippen molar-refractivity contribution in [2.24, 2.45) is 0 Å². The van der Waals surface area contributed by atoms with Gasteiger partial charge in [-0.3, -0.25) is 0 Å². The Morgan fingerprint density at radius 1 is 0.590 bits per heavy atom. The summed E-state index contributed by atoms with van der Waals surface area (Å²) in [5.41, 5.74) is 7.33. The van der Waals surface area contributed by atoms with Gasteiger partial charge in [0, 0.05) is 48.4 Å². The van der Waals surface area contributed by atoms with Gasteiger partial charge in [-0.2, -0.15) is 0 Å². The zero-order valence-corrected chi connectivity index (χ0v) is 22.7. The van der Waals surface area contributed by atoms with Gasteiger partial charge in [-0.25, -0.2) is 0 Å². The van der Waals surface area contributed by atoms with Gasteiger partial charge in [-0.15, -0.1) is 22.7 Å². The Labute approximate surface area is 235 Å². The average molecular weight is 537 g/mol. The van der Waals surface area contributed by atoms with Crippen molar-refractivity contribution in [3.63, 3.8) is 0 Å². The number of hydrogen-bond donors (Lipinski definition) is 1. The van der Waals surface area contributed by atoms with Crippen LogP contribution in [0.5, 0.6) is 0 Å². The van der Waals surface area contributed by atoms with Crippen LogP contribution in [0.2, 0.25) is 0 Å². The van der Waals surface area contributed by atoms with Crippen LogP contribution in [-0.4, -0.2) is 0 Å². The van der Waals surface area contributed by atoms with Crippen molar-refractivity contribution in [2.45, 2.75) is 6.54 Å². The quantitative estimate of drug-likeness (QED) is 0.241. The lowest BCUT2D eigenvalue weighted by Gasteiger charge is -2.26. The zero-order chi connectivity index (χ0) is 25.8. The second-order valence-corrected chi connectivity index (χ2v) is 12.0. The maximum atomic E-state index is 3.39. The normalized spacial score (nSPS) is 12.6. The Hall–Kier alpha value is -4.38. The first-order chi connectivity index (χ1) is 19.3. The average Bonchev–Trinajstić information content (AvgIpc) is 3.57. The fraction of sp³-hybridized carbons (Fsp3) is 0.0286. The van der Waals surface area contributed by atoms with E-state index in [1.807, 2.05) is 22.7 Å². The first-order valence-electron chi connectivity index (χ1n) is 13.1. The van der Waals surface area contributed by atoms with Crippen molar-refractivity contribution >= 4 is 76.1 Å². The number of anilines is 3. The third kappa shape index (κ3) is 3.75. The van der Waals surface area contributed by atoms with E-state index in [0.29, 0.717) is 0 Å². The van der Waals surface area contributed by atoms with Crippen LogP contribution >= 0.6 is 22.7 Å². The van der Waals surface area contributed by atoms with Crippen molar-refractivity contribution in [1.82, 2.24) is 5.32 Å². The molecular formula is C35H24N2S2. The summed E-state index contributed by atoms with van der Waals surface area (Å²) in [4.78, 5) is 3.82. The number of rotatable bonds is 4. The van der Waals surface area contributed by atoms with E-state index in [1.54, 1.807) is 0 Å². The van der Waals surface area contributed by atoms with Gasteiger partial charge in [0.1, 0.15) is 0 Å². The lowest BCUT2D eigenvalue weighted by atomic mass is 10.0. The Morgan fingerprint density at radius 3 is 2.23 bits per heavy atom. The maximum Gasteiger partial charge on any atom is 0.0640 e. The molecule has 0 saturated heterocycles. The molecule has 1 N–H and O–H groups in total. The van der Waals surface area contributed by atoms with Gasteiger partial charge in [0.25, 0.3) is 0 Å². The zero-order valence-electron chi connectivity index (χ0n) is 21.1. The monoisotopic (exact) mass is 536 g/mol. The molecule has 0 aliphatic carbocycles. The highest BCUT2D eigenvalue weighted by Crippen LogP contribution is 2.46. The van der Waals surface area contributed by atoms with Gasteiger partial charge < -0.3 is 10.2 Å². The van der Waals surface area contributed by atoms with E-state index < -0.39 is 0 Å². The van der Waals surface area contributed by atoms with Crippen LogP contribution in [0.1, 0.15) is 10.4 Å². The summed E-state index contributed by atoms with van der Waals surface area (Å²) in [7, 11) is 0. The van der Waals surface area contributed by atoms with E-state index in [0.717, 1.165) is 12.2 Å². The maximum absolute atomic E-state index is 3.39. The van der Waals surface area contributed by atoms with Crippen molar-refractivity contribution in [3.8, 4) is 11.1 Å². The molecule has 4 heteroatoms. The fourth-order valence-corrected chi connectivity index (χ4v) is 8.00. The predicted molar refractivity (Wildman–Crippen MR) is 171 cm³/mol. The van der Waals surface area contributed by atoms with E-state index in [4.69, 9.17) is 0 Å². The third-order valence-corrected chi connectivity index (χ3v) is 9.93. The summed E-state index contributed by atoms with van der Waals surface area (Å²) in [6.07, 6.45) is 4.28. The molecule has 39 heavy (non-hydrogen) atoms. The Balaban J connectivity index is 1.35. The largest absolute Gasteiger partial charge is 0.386 e. The molecule has 1 aliphatic heterocycles. The minimum Gasteiger partial charge on any atom is -0.386 e. The van der Waals surface area contributed by atoms with E-state index in [9.17, 15) is 0 Å². The lowest BCUT2D eigenvalue weighted by molar-refractivity contribution is 0.878. The second kappa shape index (κ2) is 9.12. The topological polar surface area (TPSA) is 15.3 Å². The molecular weight excluding hydrogens is 513 g/mol. The van der Waals surface area contributed by atoms with Crippen LogP contribution < -0.4 is 10.2 Å². The first kappa shape index (κ1) is 22.6. The van der Waals surface area contributed by atoms with E-state index in [-0.39, 0.29) is 0 Å². The first-order valence-corrected chi connectivity index (χ1v) is 14.8. The van der Waals surface area contributed by atoms with Gasteiger partial charge in [-0.05, 0) is 71.4 Å². The Morgan fingerprint density at radius 2 is 1.33 bits per heavy atom. The van der Waals surface area contributed by atoms with E-state index in [1.165, 1.54) is 63.2 Å². The molecule has 0 amide bonds. The number of nitrogens with one attached hydrogen (secondary N) is 1. The van der Waals surface area contributed by atoms with Crippen molar-refractivity contribution in [1.29, 1.82) is 0 Å². The highest BCUT2D eigenvalue weighted by molar-refractivity contribution is 7.25. The number of nitrogens with zero attached hydrogens (tertiary/aromatic N) is 1. The summed E-state index contributed by atoms with van der Waals surface area (Å²) in [6.45, 7) is 0.878. The molecule has 2 nitrogen and oxygen atoms in total. The van der Waals surface area contributed by atoms with Crippen LogP contribution in [0.15, 0.2) is 121 Å². The summed E-state index contributed by atoms with van der Waals surface area (Å²) < 4.78 is 3.97. The summed E-state index contributed by atoms with van der Waals surface area (Å²) in [6, 6.07) is 42.0. The SMILES string of the molecule is C1=Cc2c(sc3c(N(c4ccc(-c5ccccc5)cc4)c4ccc5sc6ccccc6c5c4)cccc23)CN1. The van der Waals surface area contributed by atoms with Gasteiger partial charge in [-0.1, -0.05) is 72.8 Å². The molecule has 0 atom stereocenters. The van der Waals surface area contributed by atoms with Gasteiger partial charge in [0.2, 0.25) is 0 Å². The summed E-state index contributed by atoms with van der Waals surface area (Å²) in [5, 5.41) is 7.33. The lowest BCUT2D eigenvalue weighted by Crippen LogP contribution is -2.10. The van der Waals surface area contributed by atoms with Crippen molar-refractivity contribution in [3.05, 3.63) is 132 Å². The summed E-state index contributed by atoms with van der Waals surface area (Å²) in [5.74, 6) is 0. The molecule has 0 radical (unpaired) electrons. The minimum atomic E-state index is 0.878. The minimum absolute atomic E-state index is 0.878. The van der Waals surface area contributed by atoms with Crippen LogP contribution in [0.4, 0.5) is 17.1 Å². The van der Waals surface area contributed by atoms with Crippen LogP contribution in [0, 0.1) is 0 Å².